The molecule has 0 radical (unpaired) electrons. The molecule has 0 aliphatic rings. The standard InChI is InChI=1S/C24H14N2O/c1-3-7-18-13(5-1)14-9-10-16-15-11-12-20-21(17-6-2-4-8-19(17)27-20)22(15)26-24(16)23(14)25-18/h1-12,25-26H. The molecule has 0 aliphatic heterocycles. The first-order chi connectivity index (χ1) is 13.4. The zero-order chi connectivity index (χ0) is 17.5. The number of nitrogens with one attached hydrogen (secondary N) is 2. The molecule has 4 aromatic carbocycles. The van der Waals surface area contributed by atoms with E-state index in [1.807, 2.05) is 12.1 Å². The maximum atomic E-state index is 6.06. The fraction of sp³-hybridized carbons (Fsp3) is 0. The van der Waals surface area contributed by atoms with Crippen LogP contribution < -0.4 is 0 Å². The molecule has 7 rings (SSSR count). The summed E-state index contributed by atoms with van der Waals surface area (Å²) in [5.41, 5.74) is 6.45. The minimum atomic E-state index is 0.920. The van der Waals surface area contributed by atoms with Crippen molar-refractivity contribution in [2.75, 3.05) is 0 Å². The molecule has 27 heavy (non-hydrogen) atoms. The van der Waals surface area contributed by atoms with E-state index in [1.165, 1.54) is 21.5 Å². The number of aromatic nitrogens is 2. The number of hydrogen-bond donors (Lipinski definition) is 2. The van der Waals surface area contributed by atoms with Gasteiger partial charge in [-0.25, -0.2) is 0 Å². The lowest BCUT2D eigenvalue weighted by molar-refractivity contribution is 0.669. The lowest BCUT2D eigenvalue weighted by Gasteiger charge is -1.94. The van der Waals surface area contributed by atoms with Crippen LogP contribution in [0.2, 0.25) is 0 Å². The fourth-order valence-electron chi connectivity index (χ4n) is 4.57. The van der Waals surface area contributed by atoms with E-state index in [2.05, 4.69) is 70.6 Å². The number of furan rings is 1. The van der Waals surface area contributed by atoms with Gasteiger partial charge < -0.3 is 14.4 Å². The van der Waals surface area contributed by atoms with Crippen LogP contribution >= 0.6 is 0 Å². The molecule has 7 aromatic rings. The van der Waals surface area contributed by atoms with Crippen LogP contribution in [0.5, 0.6) is 0 Å². The predicted molar refractivity (Wildman–Crippen MR) is 112 cm³/mol. The molecule has 0 fully saturated rings. The Morgan fingerprint density at radius 2 is 1.15 bits per heavy atom. The Hall–Kier alpha value is -3.72. The second kappa shape index (κ2) is 4.51. The van der Waals surface area contributed by atoms with E-state index >= 15 is 0 Å². The molecular formula is C24H14N2O. The van der Waals surface area contributed by atoms with Gasteiger partial charge in [-0.2, -0.15) is 0 Å². The van der Waals surface area contributed by atoms with Gasteiger partial charge in [-0.05, 0) is 24.3 Å². The smallest absolute Gasteiger partial charge is 0.137 e. The Morgan fingerprint density at radius 3 is 2.07 bits per heavy atom. The SMILES string of the molecule is c1ccc2c(c1)[nH]c1c2ccc2c3ccc4oc5ccccc5c4c3[nH]c21. The van der Waals surface area contributed by atoms with E-state index in [4.69, 9.17) is 4.42 Å². The minimum absolute atomic E-state index is 0.920. The van der Waals surface area contributed by atoms with Crippen molar-refractivity contribution >= 4 is 65.6 Å². The van der Waals surface area contributed by atoms with E-state index in [0.717, 1.165) is 44.0 Å². The van der Waals surface area contributed by atoms with E-state index in [1.54, 1.807) is 0 Å². The number of fused-ring (bicyclic) bond motifs is 11. The summed E-state index contributed by atoms with van der Waals surface area (Å²) < 4.78 is 6.06. The highest BCUT2D eigenvalue weighted by Gasteiger charge is 2.16. The summed E-state index contributed by atoms with van der Waals surface area (Å²) in [6.07, 6.45) is 0. The molecule has 2 N–H and O–H groups in total. The molecule has 0 atom stereocenters. The molecular weight excluding hydrogens is 332 g/mol. The molecule has 3 heterocycles. The Bertz CT molecular complexity index is 1680. The van der Waals surface area contributed by atoms with Crippen molar-refractivity contribution < 1.29 is 4.42 Å². The topological polar surface area (TPSA) is 44.7 Å². The number of rotatable bonds is 0. The molecule has 126 valence electrons. The number of H-pyrrole nitrogens is 2. The maximum Gasteiger partial charge on any atom is 0.137 e. The summed E-state index contributed by atoms with van der Waals surface area (Å²) in [5, 5.41) is 7.27. The maximum absolute atomic E-state index is 6.06. The van der Waals surface area contributed by atoms with Crippen molar-refractivity contribution in [2.45, 2.75) is 0 Å². The third-order valence-electron chi connectivity index (χ3n) is 5.77. The quantitative estimate of drug-likeness (QED) is 0.310. The second-order valence-electron chi connectivity index (χ2n) is 7.17. The van der Waals surface area contributed by atoms with Crippen molar-refractivity contribution in [1.82, 2.24) is 9.97 Å². The van der Waals surface area contributed by atoms with E-state index < -0.39 is 0 Å². The van der Waals surface area contributed by atoms with Gasteiger partial charge in [0, 0.05) is 32.4 Å². The van der Waals surface area contributed by atoms with Gasteiger partial charge in [0.2, 0.25) is 0 Å². The monoisotopic (exact) mass is 346 g/mol. The van der Waals surface area contributed by atoms with E-state index in [9.17, 15) is 0 Å². The molecule has 0 bridgehead atoms. The van der Waals surface area contributed by atoms with Crippen molar-refractivity contribution in [3.05, 3.63) is 72.8 Å². The first kappa shape index (κ1) is 13.5. The molecule has 0 saturated heterocycles. The molecule has 3 nitrogen and oxygen atoms in total. The van der Waals surface area contributed by atoms with Crippen molar-refractivity contribution in [3.8, 4) is 0 Å². The predicted octanol–water partition coefficient (Wildman–Crippen LogP) is 6.86. The van der Waals surface area contributed by atoms with Gasteiger partial charge >= 0.3 is 0 Å². The zero-order valence-corrected chi connectivity index (χ0v) is 14.3. The molecule has 0 unspecified atom stereocenters. The zero-order valence-electron chi connectivity index (χ0n) is 14.3. The van der Waals surface area contributed by atoms with E-state index in [-0.39, 0.29) is 0 Å². The summed E-state index contributed by atoms with van der Waals surface area (Å²) in [7, 11) is 0. The third kappa shape index (κ3) is 1.57. The first-order valence-electron chi connectivity index (χ1n) is 9.13. The summed E-state index contributed by atoms with van der Waals surface area (Å²) in [6.45, 7) is 0. The van der Waals surface area contributed by atoms with Crippen LogP contribution in [0.4, 0.5) is 0 Å². The van der Waals surface area contributed by atoms with Gasteiger partial charge in [-0.1, -0.05) is 48.5 Å². The third-order valence-corrected chi connectivity index (χ3v) is 5.77. The summed E-state index contributed by atoms with van der Waals surface area (Å²) in [5.74, 6) is 0. The van der Waals surface area contributed by atoms with Crippen LogP contribution in [0, 0.1) is 0 Å². The van der Waals surface area contributed by atoms with Gasteiger partial charge in [-0.3, -0.25) is 0 Å². The average molecular weight is 346 g/mol. The lowest BCUT2D eigenvalue weighted by atomic mass is 10.1. The van der Waals surface area contributed by atoms with Crippen LogP contribution in [0.3, 0.4) is 0 Å². The van der Waals surface area contributed by atoms with Crippen LogP contribution in [-0.2, 0) is 0 Å². The minimum Gasteiger partial charge on any atom is -0.456 e. The van der Waals surface area contributed by atoms with Crippen molar-refractivity contribution in [1.29, 1.82) is 0 Å². The van der Waals surface area contributed by atoms with Crippen LogP contribution in [0.25, 0.3) is 65.6 Å². The van der Waals surface area contributed by atoms with Crippen LogP contribution in [-0.4, -0.2) is 9.97 Å². The number of benzene rings is 4. The summed E-state index contributed by atoms with van der Waals surface area (Å²) >= 11 is 0. The Morgan fingerprint density at radius 1 is 0.481 bits per heavy atom. The average Bonchev–Trinajstić information content (AvgIpc) is 3.37. The highest BCUT2D eigenvalue weighted by atomic mass is 16.3. The largest absolute Gasteiger partial charge is 0.456 e. The number of hydrogen-bond acceptors (Lipinski definition) is 1. The highest BCUT2D eigenvalue weighted by Crippen LogP contribution is 2.39. The van der Waals surface area contributed by atoms with Crippen molar-refractivity contribution in [3.63, 3.8) is 0 Å². The van der Waals surface area contributed by atoms with Crippen LogP contribution in [0.15, 0.2) is 77.2 Å². The Labute approximate surface area is 153 Å². The Kier molecular flexibility index (Phi) is 2.25. The summed E-state index contributed by atoms with van der Waals surface area (Å²) in [4.78, 5) is 7.32. The van der Waals surface area contributed by atoms with Crippen LogP contribution in [0.1, 0.15) is 0 Å². The van der Waals surface area contributed by atoms with Gasteiger partial charge in [0.1, 0.15) is 11.2 Å². The lowest BCUT2D eigenvalue weighted by Crippen LogP contribution is -1.72. The van der Waals surface area contributed by atoms with Gasteiger partial charge in [0.25, 0.3) is 0 Å². The van der Waals surface area contributed by atoms with Gasteiger partial charge in [-0.15, -0.1) is 0 Å². The first-order valence-corrected chi connectivity index (χ1v) is 9.13. The molecule has 3 heteroatoms. The summed E-state index contributed by atoms with van der Waals surface area (Å²) in [6, 6.07) is 25.4. The second-order valence-corrected chi connectivity index (χ2v) is 7.17. The molecule has 3 aromatic heterocycles. The molecule has 0 spiro atoms. The van der Waals surface area contributed by atoms with Crippen molar-refractivity contribution in [2.24, 2.45) is 0 Å². The number of aromatic amines is 2. The fourth-order valence-corrected chi connectivity index (χ4v) is 4.57. The molecule has 0 aliphatic carbocycles. The Balaban J connectivity index is 1.75. The van der Waals surface area contributed by atoms with Gasteiger partial charge in [0.15, 0.2) is 0 Å². The van der Waals surface area contributed by atoms with Gasteiger partial charge in [0.05, 0.1) is 21.9 Å². The normalized spacial score (nSPS) is 12.4. The molecule has 0 saturated carbocycles. The molecule has 0 amide bonds. The highest BCUT2D eigenvalue weighted by molar-refractivity contribution is 6.27. The number of para-hydroxylation sites is 2. The van der Waals surface area contributed by atoms with E-state index in [0.29, 0.717) is 0 Å².